The molecule has 0 amide bonds. The summed E-state index contributed by atoms with van der Waals surface area (Å²) >= 11 is 0. The highest BCUT2D eigenvalue weighted by Gasteiger charge is 2.37. The normalized spacial score (nSPS) is 13.4. The summed E-state index contributed by atoms with van der Waals surface area (Å²) in [5.74, 6) is -2.14. The Balaban J connectivity index is 4.97. The molecule has 0 aliphatic carbocycles. The van der Waals surface area contributed by atoms with Crippen molar-refractivity contribution >= 4 is 17.5 Å². The molecule has 0 saturated carbocycles. The van der Waals surface area contributed by atoms with E-state index in [1.165, 1.54) is 7.11 Å². The van der Waals surface area contributed by atoms with Crippen LogP contribution in [0, 0.1) is 17.3 Å². The van der Waals surface area contributed by atoms with E-state index in [0.29, 0.717) is 0 Å². The zero-order valence-corrected chi connectivity index (χ0v) is 11.5. The number of carbonyl (C=O) groups excluding carboxylic acids is 3. The Kier molecular flexibility index (Phi) is 5.52. The molecule has 4 heteroatoms. The standard InChI is InChI=1S/C13H22O4/c1-8(2)10(14)7-9(12(16)17-6)11(15)13(3,4)5/h8-9H,7H2,1-6H3. The Bertz CT molecular complexity index is 310. The van der Waals surface area contributed by atoms with Crippen LogP contribution in [-0.2, 0) is 19.1 Å². The molecule has 98 valence electrons. The maximum Gasteiger partial charge on any atom is 0.316 e. The van der Waals surface area contributed by atoms with Crippen LogP contribution in [0.3, 0.4) is 0 Å². The Labute approximate surface area is 103 Å². The largest absolute Gasteiger partial charge is 0.468 e. The van der Waals surface area contributed by atoms with Gasteiger partial charge < -0.3 is 4.74 Å². The van der Waals surface area contributed by atoms with Gasteiger partial charge in [0.1, 0.15) is 11.7 Å². The summed E-state index contributed by atoms with van der Waals surface area (Å²) in [7, 11) is 1.23. The lowest BCUT2D eigenvalue weighted by molar-refractivity contribution is -0.154. The van der Waals surface area contributed by atoms with Crippen LogP contribution in [0.25, 0.3) is 0 Å². The van der Waals surface area contributed by atoms with Crippen LogP contribution in [0.2, 0.25) is 0 Å². The van der Waals surface area contributed by atoms with Crippen molar-refractivity contribution in [3.05, 3.63) is 0 Å². The van der Waals surface area contributed by atoms with Gasteiger partial charge in [-0.15, -0.1) is 0 Å². The summed E-state index contributed by atoms with van der Waals surface area (Å²) < 4.78 is 4.60. The Hall–Kier alpha value is -1.19. The Morgan fingerprint density at radius 1 is 1.12 bits per heavy atom. The molecule has 0 aromatic carbocycles. The van der Waals surface area contributed by atoms with Crippen molar-refractivity contribution in [2.45, 2.75) is 41.0 Å². The molecule has 1 unspecified atom stereocenters. The first kappa shape index (κ1) is 15.8. The average molecular weight is 242 g/mol. The number of esters is 1. The van der Waals surface area contributed by atoms with Gasteiger partial charge in [0.15, 0.2) is 5.78 Å². The third-order valence-corrected chi connectivity index (χ3v) is 2.59. The number of carbonyl (C=O) groups is 3. The zero-order chi connectivity index (χ0) is 13.8. The van der Waals surface area contributed by atoms with Gasteiger partial charge in [0.25, 0.3) is 0 Å². The first-order valence-corrected chi connectivity index (χ1v) is 5.76. The van der Waals surface area contributed by atoms with Crippen molar-refractivity contribution in [1.29, 1.82) is 0 Å². The highest BCUT2D eigenvalue weighted by atomic mass is 16.5. The fourth-order valence-corrected chi connectivity index (χ4v) is 1.38. The minimum absolute atomic E-state index is 0.0690. The second-order valence-corrected chi connectivity index (χ2v) is 5.52. The minimum atomic E-state index is -0.977. The summed E-state index contributed by atoms with van der Waals surface area (Å²) in [6.45, 7) is 8.68. The van der Waals surface area contributed by atoms with Gasteiger partial charge in [-0.2, -0.15) is 0 Å². The summed E-state index contributed by atoms with van der Waals surface area (Å²) in [4.78, 5) is 35.3. The molecule has 0 bridgehead atoms. The average Bonchev–Trinajstić information content (AvgIpc) is 2.21. The smallest absolute Gasteiger partial charge is 0.316 e. The maximum atomic E-state index is 12.1. The third kappa shape index (κ3) is 4.67. The van der Waals surface area contributed by atoms with Gasteiger partial charge in [-0.3, -0.25) is 14.4 Å². The molecular weight excluding hydrogens is 220 g/mol. The highest BCUT2D eigenvalue weighted by Crippen LogP contribution is 2.24. The number of Topliss-reactive ketones (excluding diaryl/α,β-unsaturated/α-hetero) is 2. The number of rotatable bonds is 5. The van der Waals surface area contributed by atoms with Crippen LogP contribution in [0.5, 0.6) is 0 Å². The monoisotopic (exact) mass is 242 g/mol. The molecule has 17 heavy (non-hydrogen) atoms. The SMILES string of the molecule is COC(=O)C(CC(=O)C(C)C)C(=O)C(C)(C)C. The van der Waals surface area contributed by atoms with Gasteiger partial charge in [-0.1, -0.05) is 34.6 Å². The molecular formula is C13H22O4. The maximum absolute atomic E-state index is 12.1. The van der Waals surface area contributed by atoms with E-state index in [1.807, 2.05) is 0 Å². The number of methoxy groups -OCH3 is 1. The lowest BCUT2D eigenvalue weighted by atomic mass is 9.80. The second kappa shape index (κ2) is 5.94. The van der Waals surface area contributed by atoms with E-state index < -0.39 is 17.3 Å². The van der Waals surface area contributed by atoms with Crippen LogP contribution in [-0.4, -0.2) is 24.6 Å². The molecule has 0 saturated heterocycles. The summed E-state index contributed by atoms with van der Waals surface area (Å²) in [5.41, 5.74) is -0.657. The zero-order valence-electron chi connectivity index (χ0n) is 11.5. The predicted octanol–water partition coefficient (Wildman–Crippen LogP) is 2.01. The van der Waals surface area contributed by atoms with Crippen LogP contribution in [0.4, 0.5) is 0 Å². The van der Waals surface area contributed by atoms with Crippen molar-refractivity contribution < 1.29 is 19.1 Å². The van der Waals surface area contributed by atoms with E-state index in [1.54, 1.807) is 34.6 Å². The highest BCUT2D eigenvalue weighted by molar-refractivity contribution is 6.04. The molecule has 0 N–H and O–H groups in total. The van der Waals surface area contributed by atoms with Gasteiger partial charge >= 0.3 is 5.97 Å². The summed E-state index contributed by atoms with van der Waals surface area (Å²) in [6, 6.07) is 0. The Morgan fingerprint density at radius 3 is 1.88 bits per heavy atom. The number of ether oxygens (including phenoxy) is 1. The third-order valence-electron chi connectivity index (χ3n) is 2.59. The minimum Gasteiger partial charge on any atom is -0.468 e. The lowest BCUT2D eigenvalue weighted by Gasteiger charge is -2.22. The van der Waals surface area contributed by atoms with Crippen molar-refractivity contribution in [2.75, 3.05) is 7.11 Å². The fraction of sp³-hybridized carbons (Fsp3) is 0.769. The van der Waals surface area contributed by atoms with Gasteiger partial charge in [-0.05, 0) is 0 Å². The molecule has 0 aliphatic heterocycles. The fourth-order valence-electron chi connectivity index (χ4n) is 1.38. The predicted molar refractivity (Wildman–Crippen MR) is 64.4 cm³/mol. The van der Waals surface area contributed by atoms with E-state index in [2.05, 4.69) is 4.74 Å². The van der Waals surface area contributed by atoms with Crippen LogP contribution in [0.1, 0.15) is 41.0 Å². The van der Waals surface area contributed by atoms with E-state index in [-0.39, 0.29) is 23.9 Å². The molecule has 0 heterocycles. The van der Waals surface area contributed by atoms with E-state index in [4.69, 9.17) is 0 Å². The first-order chi connectivity index (χ1) is 7.61. The molecule has 1 atom stereocenters. The van der Waals surface area contributed by atoms with E-state index in [9.17, 15) is 14.4 Å². The first-order valence-electron chi connectivity index (χ1n) is 5.76. The van der Waals surface area contributed by atoms with Crippen LogP contribution < -0.4 is 0 Å². The summed E-state index contributed by atoms with van der Waals surface area (Å²) in [6.07, 6.45) is -0.0690. The molecule has 0 aromatic heterocycles. The topological polar surface area (TPSA) is 60.4 Å². The second-order valence-electron chi connectivity index (χ2n) is 5.52. The quantitative estimate of drug-likeness (QED) is 0.546. The molecule has 0 fully saturated rings. The van der Waals surface area contributed by atoms with Gasteiger partial charge in [0.05, 0.1) is 7.11 Å². The van der Waals surface area contributed by atoms with Crippen LogP contribution in [0.15, 0.2) is 0 Å². The number of hydrogen-bond donors (Lipinski definition) is 0. The van der Waals surface area contributed by atoms with Crippen LogP contribution >= 0.6 is 0 Å². The molecule has 0 spiro atoms. The van der Waals surface area contributed by atoms with E-state index >= 15 is 0 Å². The van der Waals surface area contributed by atoms with Gasteiger partial charge in [0, 0.05) is 17.8 Å². The molecule has 4 nitrogen and oxygen atoms in total. The Morgan fingerprint density at radius 2 is 1.59 bits per heavy atom. The van der Waals surface area contributed by atoms with Gasteiger partial charge in [0.2, 0.25) is 0 Å². The van der Waals surface area contributed by atoms with Crippen molar-refractivity contribution in [3.63, 3.8) is 0 Å². The van der Waals surface area contributed by atoms with Gasteiger partial charge in [-0.25, -0.2) is 0 Å². The van der Waals surface area contributed by atoms with Crippen molar-refractivity contribution in [3.8, 4) is 0 Å². The van der Waals surface area contributed by atoms with E-state index in [0.717, 1.165) is 0 Å². The number of hydrogen-bond acceptors (Lipinski definition) is 4. The molecule has 0 aromatic rings. The lowest BCUT2D eigenvalue weighted by Crippen LogP contribution is -2.36. The number of ketones is 2. The molecule has 0 rings (SSSR count). The van der Waals surface area contributed by atoms with Crippen molar-refractivity contribution in [1.82, 2.24) is 0 Å². The molecule has 0 aliphatic rings. The molecule has 0 radical (unpaired) electrons. The van der Waals surface area contributed by atoms with Crippen molar-refractivity contribution in [2.24, 2.45) is 17.3 Å². The summed E-state index contributed by atoms with van der Waals surface area (Å²) in [5, 5.41) is 0.